The first-order chi connectivity index (χ1) is 43.1. The Kier molecular flexibility index (Phi) is 14.2. The number of hydrogen-bond donors (Lipinski definition) is 0. The minimum Gasteiger partial charge on any atom is -0.497 e. The van der Waals surface area contributed by atoms with Gasteiger partial charge in [-0.3, -0.25) is 0 Å². The normalized spacial score (nSPS) is 13.2. The molecular weight excluding hydrogens is 1080 g/mol. The summed E-state index contributed by atoms with van der Waals surface area (Å²) in [6, 6.07) is 99.2. The maximum Gasteiger partial charge on any atom is 0.119 e. The summed E-state index contributed by atoms with van der Waals surface area (Å²) in [6.07, 6.45) is 0. The second-order valence-corrected chi connectivity index (χ2v) is 22.6. The molecule has 0 saturated carbocycles. The smallest absolute Gasteiger partial charge is 0.119 e. The van der Waals surface area contributed by atoms with Crippen LogP contribution in [0, 0.1) is 20.8 Å². The Bertz CT molecular complexity index is 4240. The number of fused-ring (bicyclic) bond motifs is 10. The van der Waals surface area contributed by atoms with Crippen LogP contribution in [0.4, 0.5) is 68.2 Å². The number of hydrogen-bond acceptors (Lipinski definition) is 8. The predicted molar refractivity (Wildman–Crippen MR) is 362 cm³/mol. The highest BCUT2D eigenvalue weighted by Crippen LogP contribution is 2.65. The minimum atomic E-state index is -0.924. The summed E-state index contributed by atoms with van der Waals surface area (Å²) < 4.78 is 23.0. The molecule has 12 aromatic rings. The van der Waals surface area contributed by atoms with E-state index in [2.05, 4.69) is 265 Å². The van der Waals surface area contributed by atoms with Crippen LogP contribution in [-0.4, -0.2) is 28.4 Å². The Hall–Kier alpha value is -11.0. The molecule has 0 heterocycles. The monoisotopic (exact) mass is 1150 g/mol. The molecule has 8 nitrogen and oxygen atoms in total. The summed E-state index contributed by atoms with van der Waals surface area (Å²) in [5.74, 6) is 3.12. The van der Waals surface area contributed by atoms with Crippen LogP contribution in [0.25, 0.3) is 22.3 Å². The maximum atomic E-state index is 5.75. The number of benzene rings is 12. The number of nitrogens with zero attached hydrogens (tertiary/aromatic N) is 4. The van der Waals surface area contributed by atoms with Crippen molar-refractivity contribution in [3.05, 3.63) is 312 Å². The van der Waals surface area contributed by atoms with E-state index in [0.717, 1.165) is 125 Å². The van der Waals surface area contributed by atoms with Crippen molar-refractivity contribution in [2.75, 3.05) is 48.0 Å². The van der Waals surface area contributed by atoms with Crippen LogP contribution in [0.1, 0.15) is 38.9 Å². The third kappa shape index (κ3) is 9.60. The first-order valence-electron chi connectivity index (χ1n) is 29.7. The zero-order valence-electron chi connectivity index (χ0n) is 50.4. The molecule has 0 unspecified atom stereocenters. The molecule has 88 heavy (non-hydrogen) atoms. The van der Waals surface area contributed by atoms with Crippen LogP contribution >= 0.6 is 0 Å². The van der Waals surface area contributed by atoms with Crippen LogP contribution in [0.2, 0.25) is 0 Å². The van der Waals surface area contributed by atoms with Gasteiger partial charge in [0.15, 0.2) is 0 Å². The quantitative estimate of drug-likeness (QED) is 0.0949. The first kappa shape index (κ1) is 54.9. The molecule has 0 amide bonds. The third-order valence-corrected chi connectivity index (χ3v) is 17.5. The summed E-state index contributed by atoms with van der Waals surface area (Å²) in [5, 5.41) is 0. The Labute approximate surface area is 515 Å². The molecule has 14 rings (SSSR count). The van der Waals surface area contributed by atoms with Gasteiger partial charge in [0.05, 0.1) is 33.9 Å². The number of rotatable bonds is 16. The second-order valence-electron chi connectivity index (χ2n) is 22.6. The van der Waals surface area contributed by atoms with E-state index in [-0.39, 0.29) is 0 Å². The number of ether oxygens (including phenoxy) is 4. The Morgan fingerprint density at radius 3 is 0.625 bits per heavy atom. The third-order valence-electron chi connectivity index (χ3n) is 17.5. The van der Waals surface area contributed by atoms with Gasteiger partial charge in [-0.1, -0.05) is 95.6 Å². The molecule has 0 bridgehead atoms. The van der Waals surface area contributed by atoms with Crippen molar-refractivity contribution in [2.45, 2.75) is 26.2 Å². The molecule has 2 aliphatic rings. The van der Waals surface area contributed by atoms with Crippen molar-refractivity contribution < 1.29 is 18.9 Å². The highest BCUT2D eigenvalue weighted by molar-refractivity contribution is 6.00. The van der Waals surface area contributed by atoms with E-state index in [9.17, 15) is 0 Å². The molecule has 2 aliphatic carbocycles. The number of para-hydroxylation sites is 1. The molecule has 0 fully saturated rings. The van der Waals surface area contributed by atoms with Gasteiger partial charge in [0.2, 0.25) is 0 Å². The van der Waals surface area contributed by atoms with E-state index in [1.807, 2.05) is 48.5 Å². The first-order valence-corrected chi connectivity index (χ1v) is 29.7. The maximum absolute atomic E-state index is 5.75. The van der Waals surface area contributed by atoms with Gasteiger partial charge in [-0.05, 0) is 259 Å². The van der Waals surface area contributed by atoms with E-state index in [4.69, 9.17) is 18.9 Å². The van der Waals surface area contributed by atoms with Crippen LogP contribution < -0.4 is 38.5 Å². The highest BCUT2D eigenvalue weighted by Gasteiger charge is 2.53. The Balaban J connectivity index is 1.10. The van der Waals surface area contributed by atoms with Crippen molar-refractivity contribution in [2.24, 2.45) is 0 Å². The van der Waals surface area contributed by atoms with Gasteiger partial charge in [0.25, 0.3) is 0 Å². The zero-order chi connectivity index (χ0) is 60.0. The van der Waals surface area contributed by atoms with Crippen molar-refractivity contribution in [1.29, 1.82) is 0 Å². The van der Waals surface area contributed by atoms with E-state index in [0.29, 0.717) is 0 Å². The Morgan fingerprint density at radius 2 is 0.409 bits per heavy atom. The summed E-state index contributed by atoms with van der Waals surface area (Å²) in [7, 11) is 6.84. The van der Waals surface area contributed by atoms with Crippen LogP contribution in [0.15, 0.2) is 273 Å². The van der Waals surface area contributed by atoms with Crippen molar-refractivity contribution in [3.8, 4) is 45.3 Å². The summed E-state index contributed by atoms with van der Waals surface area (Å²) >= 11 is 0. The lowest BCUT2D eigenvalue weighted by Gasteiger charge is -2.35. The lowest BCUT2D eigenvalue weighted by molar-refractivity contribution is 0.414. The molecule has 430 valence electrons. The van der Waals surface area contributed by atoms with Gasteiger partial charge < -0.3 is 38.5 Å². The fourth-order valence-electron chi connectivity index (χ4n) is 13.1. The minimum absolute atomic E-state index is 0.780. The van der Waals surface area contributed by atoms with E-state index in [1.165, 1.54) is 27.8 Å². The van der Waals surface area contributed by atoms with Gasteiger partial charge >= 0.3 is 0 Å². The lowest BCUT2D eigenvalue weighted by Crippen LogP contribution is -2.27. The molecule has 0 N–H and O–H groups in total. The van der Waals surface area contributed by atoms with Gasteiger partial charge in [0.1, 0.15) is 23.0 Å². The average Bonchev–Trinajstić information content (AvgIpc) is 1.54. The van der Waals surface area contributed by atoms with Gasteiger partial charge in [-0.15, -0.1) is 0 Å². The lowest BCUT2D eigenvalue weighted by atomic mass is 9.70. The number of anilines is 12. The molecule has 0 radical (unpaired) electrons. The summed E-state index contributed by atoms with van der Waals surface area (Å²) in [4.78, 5) is 9.48. The molecule has 1 atom stereocenters. The standard InChI is InChI=1S/C80H66N4O4/c1-53-13-19-57(20-14-53)81(56-11-9-8-10-12-56)64-33-45-72-74-47-35-66(83(60-25-37-68(85-4)38-26-60)61-27-39-69(86-5)40-28-61)51-78(74)80(76(72)49-64)77-50-65(82(58-21-15-54(2)16-22-58)59-23-17-55(3)18-24-59)34-46-73(77)75-48-36-67(52-79(75)80)84(62-29-41-70(87-6)42-30-62)63-31-43-71(88-7)44-32-63/h8-52H,1-7H3/t80-/m0/s1. The van der Waals surface area contributed by atoms with Crippen molar-refractivity contribution in [1.82, 2.24) is 0 Å². The van der Waals surface area contributed by atoms with E-state index >= 15 is 0 Å². The zero-order valence-corrected chi connectivity index (χ0v) is 50.4. The largest absolute Gasteiger partial charge is 0.497 e. The molecule has 0 aromatic heterocycles. The van der Waals surface area contributed by atoms with Gasteiger partial charge in [0, 0.05) is 68.2 Å². The molecule has 12 aromatic carbocycles. The van der Waals surface area contributed by atoms with Crippen molar-refractivity contribution in [3.63, 3.8) is 0 Å². The van der Waals surface area contributed by atoms with Gasteiger partial charge in [-0.25, -0.2) is 0 Å². The predicted octanol–water partition coefficient (Wildman–Crippen LogP) is 20.9. The van der Waals surface area contributed by atoms with Gasteiger partial charge in [-0.2, -0.15) is 0 Å². The topological polar surface area (TPSA) is 49.9 Å². The highest BCUT2D eigenvalue weighted by atomic mass is 16.5. The SMILES string of the molecule is COc1ccc(N(c2ccc(OC)cc2)c2ccc3c(c2)[C@]2(c4cc(N(c5ccccc5)c5ccc(C)cc5)ccc4-3)c3cc(N(c4ccc(C)cc4)c4ccc(C)cc4)ccc3-c3ccc(N(c4ccc(OC)cc4)c4ccc(OC)cc4)cc32)cc1. The van der Waals surface area contributed by atoms with E-state index < -0.39 is 5.41 Å². The Morgan fingerprint density at radius 1 is 0.216 bits per heavy atom. The molecule has 0 aliphatic heterocycles. The molecular formula is C80H66N4O4. The fraction of sp³-hybridized carbons (Fsp3) is 0.100. The summed E-state index contributed by atoms with van der Waals surface area (Å²) in [6.45, 7) is 6.44. The molecule has 8 heteroatoms. The van der Waals surface area contributed by atoms with Crippen LogP contribution in [-0.2, 0) is 5.41 Å². The fourth-order valence-corrected chi connectivity index (χ4v) is 13.1. The van der Waals surface area contributed by atoms with Crippen LogP contribution in [0.5, 0.6) is 23.0 Å². The number of aryl methyl sites for hydroxylation is 3. The second kappa shape index (κ2) is 22.8. The van der Waals surface area contributed by atoms with E-state index in [1.54, 1.807) is 28.4 Å². The molecule has 1 spiro atoms. The summed E-state index contributed by atoms with van der Waals surface area (Å²) in [5.41, 5.74) is 24.2. The van der Waals surface area contributed by atoms with Crippen LogP contribution in [0.3, 0.4) is 0 Å². The van der Waals surface area contributed by atoms with Crippen molar-refractivity contribution >= 4 is 68.2 Å². The molecule has 0 saturated heterocycles. The average molecular weight is 1150 g/mol. The number of methoxy groups -OCH3 is 4.